The van der Waals surface area contributed by atoms with Crippen LogP contribution in [0, 0.1) is 6.92 Å². The number of rotatable bonds is 6. The number of ether oxygens (including phenoxy) is 1. The Morgan fingerprint density at radius 1 is 1.29 bits per heavy atom. The van der Waals surface area contributed by atoms with Crippen LogP contribution >= 0.6 is 0 Å². The zero-order valence-corrected chi connectivity index (χ0v) is 17.3. The summed E-state index contributed by atoms with van der Waals surface area (Å²) in [5, 5.41) is 24.9. The second-order valence-electron chi connectivity index (χ2n) is 7.52. The van der Waals surface area contributed by atoms with Crippen LogP contribution in [0.15, 0.2) is 24.3 Å². The molecule has 2 atom stereocenters. The number of halogens is 3. The molecule has 10 heteroatoms. The summed E-state index contributed by atoms with van der Waals surface area (Å²) in [4.78, 5) is 11.6. The molecule has 2 heterocycles. The highest BCUT2D eigenvalue weighted by Gasteiger charge is 2.31. The van der Waals surface area contributed by atoms with Crippen LogP contribution in [0.25, 0.3) is 11.3 Å². The summed E-state index contributed by atoms with van der Waals surface area (Å²) < 4.78 is 43.4. The molecule has 0 radical (unpaired) electrons. The summed E-state index contributed by atoms with van der Waals surface area (Å²) in [6.45, 7) is 4.54. The van der Waals surface area contributed by atoms with Gasteiger partial charge in [-0.05, 0) is 56.5 Å². The lowest BCUT2D eigenvalue weighted by Gasteiger charge is -2.30. The summed E-state index contributed by atoms with van der Waals surface area (Å²) in [7, 11) is 0. The number of nitrogens with zero attached hydrogens (tertiary/aromatic N) is 2. The number of aromatic nitrogens is 2. The van der Waals surface area contributed by atoms with Gasteiger partial charge in [-0.1, -0.05) is 0 Å². The van der Waals surface area contributed by atoms with Gasteiger partial charge < -0.3 is 20.5 Å². The minimum atomic E-state index is -4.53. The Hall–Kier alpha value is -2.88. The molecule has 1 aliphatic heterocycles. The van der Waals surface area contributed by atoms with E-state index in [4.69, 9.17) is 4.74 Å². The van der Waals surface area contributed by atoms with Crippen LogP contribution in [0.3, 0.4) is 0 Å². The van der Waals surface area contributed by atoms with Gasteiger partial charge in [0.1, 0.15) is 11.6 Å². The number of hydrogen-bond donors (Lipinski definition) is 3. The number of hydrogen-bond acceptors (Lipinski definition) is 7. The molecule has 1 fully saturated rings. The third-order valence-corrected chi connectivity index (χ3v) is 5.15. The molecule has 3 rings (SSSR count). The molecule has 0 aliphatic carbocycles. The second kappa shape index (κ2) is 9.51. The molecule has 31 heavy (non-hydrogen) atoms. The Labute approximate surface area is 178 Å². The lowest BCUT2D eigenvalue weighted by atomic mass is 9.98. The maximum Gasteiger partial charge on any atom is 0.416 e. The van der Waals surface area contributed by atoms with Gasteiger partial charge >= 0.3 is 12.1 Å². The highest BCUT2D eigenvalue weighted by Crippen LogP contribution is 2.36. The lowest BCUT2D eigenvalue weighted by Crippen LogP contribution is -2.45. The Morgan fingerprint density at radius 2 is 2.06 bits per heavy atom. The second-order valence-corrected chi connectivity index (χ2v) is 7.52. The zero-order valence-electron chi connectivity index (χ0n) is 17.3. The molecular formula is C21H25F3N4O3. The first-order chi connectivity index (χ1) is 14.7. The first kappa shape index (κ1) is 22.8. The number of alkyl halides is 3. The van der Waals surface area contributed by atoms with Crippen LogP contribution in [0.5, 0.6) is 5.75 Å². The maximum atomic E-state index is 12.8. The fourth-order valence-electron chi connectivity index (χ4n) is 3.57. The number of anilines is 1. The first-order valence-corrected chi connectivity index (χ1v) is 10.1. The normalized spacial score (nSPS) is 19.1. The number of phenolic OH excluding ortho intramolecular Hbond substituents is 1. The van der Waals surface area contributed by atoms with Crippen molar-refractivity contribution in [2.24, 2.45) is 0 Å². The van der Waals surface area contributed by atoms with Crippen LogP contribution in [0.2, 0.25) is 0 Å². The van der Waals surface area contributed by atoms with Gasteiger partial charge in [0.25, 0.3) is 0 Å². The van der Waals surface area contributed by atoms with E-state index < -0.39 is 17.5 Å². The molecule has 1 aromatic heterocycles. The van der Waals surface area contributed by atoms with Gasteiger partial charge in [0, 0.05) is 24.2 Å². The topological polar surface area (TPSA) is 96.4 Å². The van der Waals surface area contributed by atoms with E-state index in [1.807, 2.05) is 0 Å². The summed E-state index contributed by atoms with van der Waals surface area (Å²) in [5.41, 5.74) is 0.235. The number of carbonyl (C=O) groups excluding carboxylic acids is 1. The van der Waals surface area contributed by atoms with E-state index in [1.165, 1.54) is 6.07 Å². The average Bonchev–Trinajstić information content (AvgIpc) is 2.69. The smallest absolute Gasteiger partial charge is 0.416 e. The number of phenols is 1. The minimum Gasteiger partial charge on any atom is -0.507 e. The van der Waals surface area contributed by atoms with Crippen molar-refractivity contribution in [1.82, 2.24) is 15.5 Å². The highest BCUT2D eigenvalue weighted by atomic mass is 19.4. The van der Waals surface area contributed by atoms with Gasteiger partial charge in [-0.3, -0.25) is 4.79 Å². The Kier molecular flexibility index (Phi) is 6.99. The van der Waals surface area contributed by atoms with Gasteiger partial charge in [-0.25, -0.2) is 0 Å². The predicted octanol–water partition coefficient (Wildman–Crippen LogP) is 3.66. The number of aromatic hydroxyl groups is 1. The number of carbonyl (C=O) groups is 1. The third-order valence-electron chi connectivity index (χ3n) is 5.15. The van der Waals surface area contributed by atoms with Crippen LogP contribution in [-0.4, -0.2) is 46.5 Å². The van der Waals surface area contributed by atoms with Gasteiger partial charge in [-0.15, -0.1) is 10.2 Å². The molecular weight excluding hydrogens is 413 g/mol. The van der Waals surface area contributed by atoms with Crippen molar-refractivity contribution in [3.05, 3.63) is 35.4 Å². The van der Waals surface area contributed by atoms with Crippen LogP contribution in [0.1, 0.15) is 37.3 Å². The largest absolute Gasteiger partial charge is 0.507 e. The van der Waals surface area contributed by atoms with Gasteiger partial charge in [0.05, 0.1) is 24.3 Å². The molecule has 1 aromatic carbocycles. The molecule has 0 amide bonds. The van der Waals surface area contributed by atoms with E-state index in [2.05, 4.69) is 20.8 Å². The zero-order chi connectivity index (χ0) is 22.6. The van der Waals surface area contributed by atoms with Crippen molar-refractivity contribution < 1.29 is 27.8 Å². The number of benzene rings is 1. The summed E-state index contributed by atoms with van der Waals surface area (Å²) >= 11 is 0. The molecule has 7 nitrogen and oxygen atoms in total. The number of aryl methyl sites for hydroxylation is 1. The molecule has 2 aromatic rings. The fourth-order valence-corrected chi connectivity index (χ4v) is 3.57. The Balaban J connectivity index is 1.63. The van der Waals surface area contributed by atoms with Gasteiger partial charge in [0.15, 0.2) is 0 Å². The predicted molar refractivity (Wildman–Crippen MR) is 109 cm³/mol. The van der Waals surface area contributed by atoms with Crippen molar-refractivity contribution in [3.8, 4) is 17.0 Å². The van der Waals surface area contributed by atoms with E-state index in [0.717, 1.165) is 18.9 Å². The van der Waals surface area contributed by atoms with E-state index >= 15 is 0 Å². The first-order valence-electron chi connectivity index (χ1n) is 10.1. The molecule has 3 N–H and O–H groups in total. The molecule has 0 saturated carbocycles. The van der Waals surface area contributed by atoms with Crippen molar-refractivity contribution in [1.29, 1.82) is 0 Å². The molecule has 1 aliphatic rings. The van der Waals surface area contributed by atoms with Crippen LogP contribution in [-0.2, 0) is 15.7 Å². The molecule has 0 unspecified atom stereocenters. The fraction of sp³-hybridized carbons (Fsp3) is 0.476. The number of piperidine rings is 1. The number of nitrogens with one attached hydrogen (secondary N) is 2. The summed E-state index contributed by atoms with van der Waals surface area (Å²) in [5.74, 6) is -0.185. The lowest BCUT2D eigenvalue weighted by molar-refractivity contribution is -0.143. The standard InChI is InChI=1S/C21H25F3N4O3/c1-3-31-19(30)10-14-5-6-15(11-25-14)26-18-8-12(2)20(28-27-18)16-7-4-13(9-17(16)29)21(22,23)24/h4,7-9,14-15,25,29H,3,5-6,10-11H2,1-2H3,(H,26,27)/t14-,15+/m0/s1. The quantitative estimate of drug-likeness (QED) is 0.593. The Morgan fingerprint density at radius 3 is 2.65 bits per heavy atom. The third kappa shape index (κ3) is 5.84. The summed E-state index contributed by atoms with van der Waals surface area (Å²) in [6.07, 6.45) is -2.56. The molecule has 0 bridgehead atoms. The van der Waals surface area contributed by atoms with Crippen molar-refractivity contribution in [2.45, 2.75) is 51.4 Å². The monoisotopic (exact) mass is 438 g/mol. The highest BCUT2D eigenvalue weighted by molar-refractivity contribution is 5.71. The van der Waals surface area contributed by atoms with Crippen molar-refractivity contribution in [2.75, 3.05) is 18.5 Å². The van der Waals surface area contributed by atoms with E-state index in [-0.39, 0.29) is 23.6 Å². The summed E-state index contributed by atoms with van der Waals surface area (Å²) in [6, 6.07) is 4.69. The van der Waals surface area contributed by atoms with Crippen molar-refractivity contribution in [3.63, 3.8) is 0 Å². The number of esters is 1. The minimum absolute atomic E-state index is 0.0786. The molecule has 168 valence electrons. The van der Waals surface area contributed by atoms with Gasteiger partial charge in [-0.2, -0.15) is 13.2 Å². The molecule has 0 spiro atoms. The SMILES string of the molecule is CCOC(=O)C[C@@H]1CC[C@@H](Nc2cc(C)c(-c3ccc(C(F)(F)F)cc3O)nn2)CN1. The molecule has 1 saturated heterocycles. The Bertz CT molecular complexity index is 929. The average molecular weight is 438 g/mol. The van der Waals surface area contributed by atoms with Gasteiger partial charge in [0.2, 0.25) is 0 Å². The maximum absolute atomic E-state index is 12.8. The van der Waals surface area contributed by atoms with E-state index in [9.17, 15) is 23.1 Å². The van der Waals surface area contributed by atoms with E-state index in [0.29, 0.717) is 42.7 Å². The van der Waals surface area contributed by atoms with Crippen LogP contribution in [0.4, 0.5) is 19.0 Å². The van der Waals surface area contributed by atoms with Crippen LogP contribution < -0.4 is 10.6 Å². The van der Waals surface area contributed by atoms with E-state index in [1.54, 1.807) is 19.9 Å². The van der Waals surface area contributed by atoms with Crippen molar-refractivity contribution >= 4 is 11.8 Å².